The molecule has 0 radical (unpaired) electrons. The summed E-state index contributed by atoms with van der Waals surface area (Å²) in [5, 5.41) is 4.31. The highest BCUT2D eigenvalue weighted by Gasteiger charge is 2.23. The summed E-state index contributed by atoms with van der Waals surface area (Å²) in [6, 6.07) is 6.52. The van der Waals surface area contributed by atoms with Gasteiger partial charge in [-0.3, -0.25) is 4.68 Å². The number of rotatable bonds is 3. The molecule has 1 aliphatic heterocycles. The largest absolute Gasteiger partial charge is 0.488 e. The van der Waals surface area contributed by atoms with Crippen LogP contribution in [0.1, 0.15) is 11.3 Å². The van der Waals surface area contributed by atoms with Gasteiger partial charge in [0.1, 0.15) is 17.7 Å². The fourth-order valence-electron chi connectivity index (χ4n) is 2.21. The van der Waals surface area contributed by atoms with Crippen LogP contribution in [0.15, 0.2) is 30.5 Å². The number of nitrogens with zero attached hydrogens (tertiary/aromatic N) is 2. The van der Waals surface area contributed by atoms with Gasteiger partial charge in [0.05, 0.1) is 12.2 Å². The number of hydrogen-bond acceptors (Lipinski definition) is 3. The van der Waals surface area contributed by atoms with Crippen LogP contribution in [0.25, 0.3) is 0 Å². The SMILES string of the molecule is NCc1ccn(CC2Cc3cc(F)ccc3O2)n1. The quantitative estimate of drug-likeness (QED) is 0.894. The molecular weight excluding hydrogens is 233 g/mol. The van der Waals surface area contributed by atoms with Crippen molar-refractivity contribution in [1.82, 2.24) is 9.78 Å². The van der Waals surface area contributed by atoms with Gasteiger partial charge in [-0.25, -0.2) is 4.39 Å². The summed E-state index contributed by atoms with van der Waals surface area (Å²) in [4.78, 5) is 0. The second kappa shape index (κ2) is 4.42. The van der Waals surface area contributed by atoms with E-state index in [1.165, 1.54) is 12.1 Å². The minimum atomic E-state index is -0.220. The molecule has 1 atom stereocenters. The highest BCUT2D eigenvalue weighted by atomic mass is 19.1. The number of halogens is 1. The summed E-state index contributed by atoms with van der Waals surface area (Å²) in [5.74, 6) is 0.551. The number of aromatic nitrogens is 2. The Bertz CT molecular complexity index is 567. The van der Waals surface area contributed by atoms with Crippen LogP contribution in [0.5, 0.6) is 5.75 Å². The lowest BCUT2D eigenvalue weighted by Gasteiger charge is -2.10. The van der Waals surface area contributed by atoms with Gasteiger partial charge in [0.15, 0.2) is 0 Å². The standard InChI is InChI=1S/C13H14FN3O/c14-10-1-2-13-9(5-10)6-12(18-13)8-17-4-3-11(7-15)16-17/h1-5,12H,6-8,15H2. The molecule has 3 rings (SSSR count). The smallest absolute Gasteiger partial charge is 0.123 e. The van der Waals surface area contributed by atoms with Gasteiger partial charge in [-0.1, -0.05) is 0 Å². The normalized spacial score (nSPS) is 17.6. The molecule has 94 valence electrons. The molecule has 1 aliphatic rings. The number of nitrogens with two attached hydrogens (primary N) is 1. The zero-order chi connectivity index (χ0) is 12.5. The molecular formula is C13H14FN3O. The maximum Gasteiger partial charge on any atom is 0.123 e. The molecule has 2 heterocycles. The number of ether oxygens (including phenoxy) is 1. The molecule has 5 heteroatoms. The predicted octanol–water partition coefficient (Wildman–Crippen LogP) is 1.48. The van der Waals surface area contributed by atoms with Crippen LogP contribution in [0, 0.1) is 5.82 Å². The second-order valence-electron chi connectivity index (χ2n) is 4.43. The summed E-state index contributed by atoms with van der Waals surface area (Å²) in [6.07, 6.45) is 2.60. The minimum Gasteiger partial charge on any atom is -0.488 e. The molecule has 0 saturated heterocycles. The first kappa shape index (κ1) is 11.2. The Labute approximate surface area is 104 Å². The van der Waals surface area contributed by atoms with Crippen LogP contribution >= 0.6 is 0 Å². The van der Waals surface area contributed by atoms with Crippen LogP contribution < -0.4 is 10.5 Å². The van der Waals surface area contributed by atoms with E-state index in [2.05, 4.69) is 5.10 Å². The maximum absolute atomic E-state index is 13.1. The molecule has 0 bridgehead atoms. The van der Waals surface area contributed by atoms with Crippen molar-refractivity contribution < 1.29 is 9.13 Å². The van der Waals surface area contributed by atoms with E-state index >= 15 is 0 Å². The van der Waals surface area contributed by atoms with Gasteiger partial charge in [-0.15, -0.1) is 0 Å². The molecule has 18 heavy (non-hydrogen) atoms. The first-order valence-electron chi connectivity index (χ1n) is 5.92. The van der Waals surface area contributed by atoms with Crippen molar-refractivity contribution in [2.75, 3.05) is 0 Å². The molecule has 1 aromatic carbocycles. The van der Waals surface area contributed by atoms with Crippen molar-refractivity contribution in [3.63, 3.8) is 0 Å². The summed E-state index contributed by atoms with van der Waals surface area (Å²) < 4.78 is 20.6. The zero-order valence-electron chi connectivity index (χ0n) is 9.84. The molecule has 0 spiro atoms. The Balaban J connectivity index is 1.70. The Kier molecular flexibility index (Phi) is 2.76. The highest BCUT2D eigenvalue weighted by molar-refractivity contribution is 5.37. The molecule has 1 unspecified atom stereocenters. The van der Waals surface area contributed by atoms with Gasteiger partial charge in [0.2, 0.25) is 0 Å². The van der Waals surface area contributed by atoms with Crippen LogP contribution in [0.3, 0.4) is 0 Å². The molecule has 2 N–H and O–H groups in total. The average molecular weight is 247 g/mol. The van der Waals surface area contributed by atoms with E-state index in [0.29, 0.717) is 19.5 Å². The van der Waals surface area contributed by atoms with Crippen molar-refractivity contribution in [2.24, 2.45) is 5.73 Å². The zero-order valence-corrected chi connectivity index (χ0v) is 9.84. The molecule has 0 aliphatic carbocycles. The Morgan fingerprint density at radius 3 is 3.11 bits per heavy atom. The third-order valence-electron chi connectivity index (χ3n) is 3.06. The predicted molar refractivity (Wildman–Crippen MR) is 64.6 cm³/mol. The van der Waals surface area contributed by atoms with Crippen molar-refractivity contribution in [3.8, 4) is 5.75 Å². The summed E-state index contributed by atoms with van der Waals surface area (Å²) in [7, 11) is 0. The van der Waals surface area contributed by atoms with Crippen LogP contribution in [-0.4, -0.2) is 15.9 Å². The van der Waals surface area contributed by atoms with Gasteiger partial charge in [-0.2, -0.15) is 5.10 Å². The molecule has 0 fully saturated rings. The molecule has 2 aromatic rings. The van der Waals surface area contributed by atoms with E-state index < -0.39 is 0 Å². The van der Waals surface area contributed by atoms with Crippen LogP contribution in [0.2, 0.25) is 0 Å². The fourth-order valence-corrected chi connectivity index (χ4v) is 2.21. The Hall–Kier alpha value is -1.88. The van der Waals surface area contributed by atoms with Gasteiger partial charge in [0.25, 0.3) is 0 Å². The van der Waals surface area contributed by atoms with Crippen molar-refractivity contribution in [2.45, 2.75) is 25.6 Å². The van der Waals surface area contributed by atoms with Gasteiger partial charge < -0.3 is 10.5 Å². The van der Waals surface area contributed by atoms with Gasteiger partial charge in [0, 0.05) is 24.7 Å². The number of hydrogen-bond donors (Lipinski definition) is 1. The van der Waals surface area contributed by atoms with Crippen LogP contribution in [0.4, 0.5) is 4.39 Å². The lowest BCUT2D eigenvalue weighted by molar-refractivity contribution is 0.203. The van der Waals surface area contributed by atoms with Crippen LogP contribution in [-0.2, 0) is 19.5 Å². The average Bonchev–Trinajstić information content (AvgIpc) is 2.95. The summed E-state index contributed by atoms with van der Waals surface area (Å²) in [5.41, 5.74) is 7.29. The van der Waals surface area contributed by atoms with E-state index in [4.69, 9.17) is 10.5 Å². The maximum atomic E-state index is 13.1. The molecule has 0 saturated carbocycles. The van der Waals surface area contributed by atoms with Gasteiger partial charge in [-0.05, 0) is 24.3 Å². The van der Waals surface area contributed by atoms with E-state index in [0.717, 1.165) is 17.0 Å². The van der Waals surface area contributed by atoms with E-state index in [1.54, 1.807) is 6.07 Å². The molecule has 0 amide bonds. The molecule has 1 aromatic heterocycles. The lowest BCUT2D eigenvalue weighted by Crippen LogP contribution is -2.21. The highest BCUT2D eigenvalue weighted by Crippen LogP contribution is 2.29. The number of fused-ring (bicyclic) bond motifs is 1. The second-order valence-corrected chi connectivity index (χ2v) is 4.43. The van der Waals surface area contributed by atoms with Gasteiger partial charge >= 0.3 is 0 Å². The molecule has 4 nitrogen and oxygen atoms in total. The summed E-state index contributed by atoms with van der Waals surface area (Å²) >= 11 is 0. The van der Waals surface area contributed by atoms with Crippen molar-refractivity contribution >= 4 is 0 Å². The van der Waals surface area contributed by atoms with E-state index in [1.807, 2.05) is 16.9 Å². The lowest BCUT2D eigenvalue weighted by atomic mass is 10.1. The van der Waals surface area contributed by atoms with Crippen molar-refractivity contribution in [1.29, 1.82) is 0 Å². The van der Waals surface area contributed by atoms with Crippen molar-refractivity contribution in [3.05, 3.63) is 47.5 Å². The monoisotopic (exact) mass is 247 g/mol. The number of benzene rings is 1. The summed E-state index contributed by atoms with van der Waals surface area (Å²) in [6.45, 7) is 1.08. The third kappa shape index (κ3) is 2.09. The topological polar surface area (TPSA) is 53.1 Å². The van der Waals surface area contributed by atoms with E-state index in [-0.39, 0.29) is 11.9 Å². The minimum absolute atomic E-state index is 0.00678. The first-order chi connectivity index (χ1) is 8.74. The van der Waals surface area contributed by atoms with E-state index in [9.17, 15) is 4.39 Å². The Morgan fingerprint density at radius 2 is 2.33 bits per heavy atom. The fraction of sp³-hybridized carbons (Fsp3) is 0.308. The Morgan fingerprint density at radius 1 is 1.44 bits per heavy atom. The third-order valence-corrected chi connectivity index (χ3v) is 3.06. The first-order valence-corrected chi connectivity index (χ1v) is 5.92.